The van der Waals surface area contributed by atoms with Crippen molar-refractivity contribution in [3.05, 3.63) is 33.9 Å². The van der Waals surface area contributed by atoms with Gasteiger partial charge in [-0.15, -0.1) is 0 Å². The molecule has 3 unspecified atom stereocenters. The van der Waals surface area contributed by atoms with Gasteiger partial charge < -0.3 is 5.32 Å². The van der Waals surface area contributed by atoms with E-state index in [1.165, 1.54) is 22.9 Å². The van der Waals surface area contributed by atoms with Gasteiger partial charge in [0.15, 0.2) is 0 Å². The van der Waals surface area contributed by atoms with Crippen LogP contribution in [0.25, 0.3) is 0 Å². The number of hydrogen-bond donors (Lipinski definition) is 1. The fraction of sp³-hybridized carbons (Fsp3) is 0.667. The Balaban J connectivity index is 1.64. The molecule has 0 spiro atoms. The van der Waals surface area contributed by atoms with Crippen molar-refractivity contribution in [1.29, 1.82) is 0 Å². The van der Waals surface area contributed by atoms with E-state index in [4.69, 9.17) is 0 Å². The minimum absolute atomic E-state index is 0.0181. The van der Waals surface area contributed by atoms with Crippen LogP contribution in [0.1, 0.15) is 51.5 Å². The third-order valence-electron chi connectivity index (χ3n) is 6.86. The molecule has 1 saturated carbocycles. The number of carbonyl (C=O) groups excluding carboxylic acids is 1. The van der Waals surface area contributed by atoms with Gasteiger partial charge in [-0.3, -0.25) is 14.9 Å². The minimum atomic E-state index is -3.84. The fourth-order valence-electron chi connectivity index (χ4n) is 4.56. The van der Waals surface area contributed by atoms with Gasteiger partial charge in [0.1, 0.15) is 0 Å². The normalized spacial score (nSPS) is 26.3. The molecule has 9 heteroatoms. The Hall–Kier alpha value is -2.00. The molecule has 3 atom stereocenters. The van der Waals surface area contributed by atoms with E-state index < -0.39 is 14.9 Å². The maximum absolute atomic E-state index is 13.1. The van der Waals surface area contributed by atoms with Crippen LogP contribution in [0.5, 0.6) is 0 Å². The Morgan fingerprint density at radius 3 is 2.47 bits per heavy atom. The smallest absolute Gasteiger partial charge is 0.270 e. The summed E-state index contributed by atoms with van der Waals surface area (Å²) in [5.74, 6) is 0.853. The van der Waals surface area contributed by atoms with Gasteiger partial charge in [0, 0.05) is 37.2 Å². The molecule has 2 aliphatic rings. The van der Waals surface area contributed by atoms with E-state index in [1.807, 2.05) is 0 Å². The van der Waals surface area contributed by atoms with Crippen LogP contribution in [0.4, 0.5) is 5.69 Å². The van der Waals surface area contributed by atoms with Crippen molar-refractivity contribution in [3.8, 4) is 0 Å². The average molecular weight is 438 g/mol. The zero-order valence-electron chi connectivity index (χ0n) is 17.8. The number of aryl methyl sites for hydroxylation is 1. The van der Waals surface area contributed by atoms with E-state index in [1.54, 1.807) is 6.92 Å². The number of amides is 1. The highest BCUT2D eigenvalue weighted by Gasteiger charge is 2.35. The van der Waals surface area contributed by atoms with Crippen molar-refractivity contribution >= 4 is 21.6 Å². The van der Waals surface area contributed by atoms with Gasteiger partial charge in [0.25, 0.3) is 5.69 Å². The molecular formula is C21H31N3O5S. The van der Waals surface area contributed by atoms with E-state index in [0.717, 1.165) is 18.9 Å². The molecule has 1 saturated heterocycles. The van der Waals surface area contributed by atoms with Crippen LogP contribution in [0.3, 0.4) is 0 Å². The van der Waals surface area contributed by atoms with E-state index >= 15 is 0 Å². The van der Waals surface area contributed by atoms with Crippen LogP contribution >= 0.6 is 0 Å². The van der Waals surface area contributed by atoms with Gasteiger partial charge in [-0.25, -0.2) is 8.42 Å². The Morgan fingerprint density at radius 2 is 1.83 bits per heavy atom. The van der Waals surface area contributed by atoms with E-state index in [-0.39, 0.29) is 41.5 Å². The van der Waals surface area contributed by atoms with Crippen molar-refractivity contribution in [1.82, 2.24) is 9.62 Å². The summed E-state index contributed by atoms with van der Waals surface area (Å²) in [6.07, 6.45) is 4.22. The summed E-state index contributed by atoms with van der Waals surface area (Å²) < 4.78 is 27.5. The Labute approximate surface area is 178 Å². The lowest BCUT2D eigenvalue weighted by atomic mass is 9.78. The number of nitro benzene ring substituents is 1. The molecule has 30 heavy (non-hydrogen) atoms. The second-order valence-electron chi connectivity index (χ2n) is 8.77. The van der Waals surface area contributed by atoms with E-state index in [9.17, 15) is 23.3 Å². The summed E-state index contributed by atoms with van der Waals surface area (Å²) in [7, 11) is -3.84. The molecule has 2 fully saturated rings. The number of hydrogen-bond acceptors (Lipinski definition) is 5. The largest absolute Gasteiger partial charge is 0.353 e. The molecule has 166 valence electrons. The molecule has 8 nitrogen and oxygen atoms in total. The van der Waals surface area contributed by atoms with E-state index in [2.05, 4.69) is 19.2 Å². The Morgan fingerprint density at radius 1 is 1.17 bits per heavy atom. The summed E-state index contributed by atoms with van der Waals surface area (Å²) in [6, 6.07) is 4.07. The molecule has 1 N–H and O–H groups in total. The topological polar surface area (TPSA) is 110 Å². The fourth-order valence-corrected chi connectivity index (χ4v) is 6.28. The zero-order valence-corrected chi connectivity index (χ0v) is 18.7. The number of piperidine rings is 1. The summed E-state index contributed by atoms with van der Waals surface area (Å²) in [5.41, 5.74) is 0.227. The molecular weight excluding hydrogens is 406 g/mol. The van der Waals surface area contributed by atoms with E-state index in [0.29, 0.717) is 30.2 Å². The lowest BCUT2D eigenvalue weighted by Crippen LogP contribution is -2.48. The molecule has 0 aromatic heterocycles. The zero-order chi connectivity index (χ0) is 22.1. The number of nitro groups is 1. The minimum Gasteiger partial charge on any atom is -0.353 e. The summed E-state index contributed by atoms with van der Waals surface area (Å²) in [6.45, 7) is 6.51. The molecule has 1 aliphatic heterocycles. The van der Waals surface area contributed by atoms with Crippen LogP contribution in [0.2, 0.25) is 0 Å². The first-order valence-corrected chi connectivity index (χ1v) is 12.1. The number of non-ortho nitro benzene ring substituents is 1. The lowest BCUT2D eigenvalue weighted by molar-refractivity contribution is -0.385. The predicted octanol–water partition coefficient (Wildman–Crippen LogP) is 3.24. The number of nitrogens with one attached hydrogen (secondary N) is 1. The molecule has 1 heterocycles. The second-order valence-corrected chi connectivity index (χ2v) is 10.7. The third kappa shape index (κ3) is 4.67. The highest BCUT2D eigenvalue weighted by molar-refractivity contribution is 7.89. The highest BCUT2D eigenvalue weighted by atomic mass is 32.2. The van der Waals surface area contributed by atoms with Gasteiger partial charge in [-0.05, 0) is 43.6 Å². The van der Waals surface area contributed by atoms with Gasteiger partial charge in [-0.1, -0.05) is 32.8 Å². The monoisotopic (exact) mass is 437 g/mol. The number of nitrogens with zero attached hydrogens (tertiary/aromatic N) is 2. The summed E-state index contributed by atoms with van der Waals surface area (Å²) >= 11 is 0. The van der Waals surface area contributed by atoms with Gasteiger partial charge >= 0.3 is 0 Å². The summed E-state index contributed by atoms with van der Waals surface area (Å²) in [4.78, 5) is 23.2. The number of sulfonamides is 1. The van der Waals surface area contributed by atoms with Crippen molar-refractivity contribution < 1.29 is 18.1 Å². The number of rotatable bonds is 5. The SMILES string of the molecule is Cc1ccc([N+](=O)[O-])cc1S(=O)(=O)N1CCC(C(=O)NC2CCCC(C)C2C)CC1. The third-order valence-corrected chi connectivity index (χ3v) is 8.90. The lowest BCUT2D eigenvalue weighted by Gasteiger charge is -2.36. The predicted molar refractivity (Wildman–Crippen MR) is 113 cm³/mol. The molecule has 1 aromatic carbocycles. The molecule has 3 rings (SSSR count). The van der Waals surface area contributed by atoms with Crippen LogP contribution in [-0.2, 0) is 14.8 Å². The Bertz CT molecular complexity index is 909. The van der Waals surface area contributed by atoms with Crippen LogP contribution in [-0.4, -0.2) is 42.7 Å². The van der Waals surface area contributed by atoms with Crippen molar-refractivity contribution in [2.75, 3.05) is 13.1 Å². The average Bonchev–Trinajstić information content (AvgIpc) is 2.71. The van der Waals surface area contributed by atoms with Crippen LogP contribution < -0.4 is 5.32 Å². The van der Waals surface area contributed by atoms with Gasteiger partial charge in [0.2, 0.25) is 15.9 Å². The molecule has 1 amide bonds. The standard InChI is InChI=1S/C21H31N3O5S/c1-14-5-4-6-19(16(14)3)22-21(25)17-9-11-23(12-10-17)30(28,29)20-13-18(24(26)27)8-7-15(20)2/h7-8,13-14,16-17,19H,4-6,9-12H2,1-3H3,(H,22,25). The van der Waals surface area contributed by atoms with Crippen LogP contribution in [0, 0.1) is 34.8 Å². The first-order chi connectivity index (χ1) is 14.1. The first-order valence-electron chi connectivity index (χ1n) is 10.7. The quantitative estimate of drug-likeness (QED) is 0.562. The Kier molecular flexibility index (Phi) is 6.81. The molecule has 0 bridgehead atoms. The van der Waals surface area contributed by atoms with Gasteiger partial charge in [0.05, 0.1) is 9.82 Å². The number of carbonyl (C=O) groups is 1. The maximum Gasteiger partial charge on any atom is 0.270 e. The van der Waals surface area contributed by atoms with Gasteiger partial charge in [-0.2, -0.15) is 4.31 Å². The van der Waals surface area contributed by atoms with Crippen molar-refractivity contribution in [2.24, 2.45) is 17.8 Å². The molecule has 0 radical (unpaired) electrons. The summed E-state index contributed by atoms with van der Waals surface area (Å²) in [5, 5.41) is 14.2. The second kappa shape index (κ2) is 9.01. The van der Waals surface area contributed by atoms with Crippen molar-refractivity contribution in [3.63, 3.8) is 0 Å². The molecule has 1 aromatic rings. The van der Waals surface area contributed by atoms with Crippen LogP contribution in [0.15, 0.2) is 23.1 Å². The number of benzene rings is 1. The van der Waals surface area contributed by atoms with Crippen molar-refractivity contribution in [2.45, 2.75) is 63.8 Å². The first kappa shape index (κ1) is 22.7. The molecule has 1 aliphatic carbocycles. The maximum atomic E-state index is 13.1. The highest BCUT2D eigenvalue weighted by Crippen LogP contribution is 2.31.